The molecule has 1 atom stereocenters. The monoisotopic (exact) mass is 437 g/mol. The molecular weight excluding hydrogens is 406 g/mol. The molecule has 1 N–H and O–H groups in total. The summed E-state index contributed by atoms with van der Waals surface area (Å²) < 4.78 is 10.3. The number of carbonyl (C=O) groups excluding carboxylic acids is 1. The maximum absolute atomic E-state index is 11.9. The largest absolute Gasteiger partial charge is 0.495 e. The highest BCUT2D eigenvalue weighted by Crippen LogP contribution is 2.45. The van der Waals surface area contributed by atoms with Gasteiger partial charge in [-0.3, -0.25) is 0 Å². The molecule has 0 bridgehead atoms. The molecule has 0 spiro atoms. The molecule has 0 radical (unpaired) electrons. The number of methoxy groups -OCH3 is 2. The zero-order valence-corrected chi connectivity index (χ0v) is 19.0. The average molecular weight is 438 g/mol. The molecule has 0 unspecified atom stereocenters. The summed E-state index contributed by atoms with van der Waals surface area (Å²) in [4.78, 5) is 26.4. The molecule has 2 aromatic rings. The smallest absolute Gasteiger partial charge is 0.337 e. The molecule has 3 aliphatic rings. The van der Waals surface area contributed by atoms with Gasteiger partial charge in [0.2, 0.25) is 5.95 Å². The first-order chi connectivity index (χ1) is 15.6. The van der Waals surface area contributed by atoms with Crippen molar-refractivity contribution in [2.24, 2.45) is 5.92 Å². The maximum Gasteiger partial charge on any atom is 0.337 e. The molecule has 1 aromatic heterocycles. The number of rotatable bonds is 6. The fourth-order valence-corrected chi connectivity index (χ4v) is 5.15. The van der Waals surface area contributed by atoms with Gasteiger partial charge >= 0.3 is 5.97 Å². The first-order valence-corrected chi connectivity index (χ1v) is 11.5. The van der Waals surface area contributed by atoms with Gasteiger partial charge in [0, 0.05) is 19.6 Å². The third-order valence-electron chi connectivity index (χ3n) is 6.98. The Bertz CT molecular complexity index is 1000. The molecule has 2 heterocycles. The van der Waals surface area contributed by atoms with E-state index in [9.17, 15) is 4.79 Å². The van der Waals surface area contributed by atoms with Crippen molar-refractivity contribution in [3.63, 3.8) is 0 Å². The molecule has 2 fully saturated rings. The Balaban J connectivity index is 1.48. The number of ether oxygens (including phenoxy) is 2. The Kier molecular flexibility index (Phi) is 5.53. The number of aromatic nitrogens is 2. The van der Waals surface area contributed by atoms with Crippen molar-refractivity contribution in [3.8, 4) is 5.75 Å². The lowest BCUT2D eigenvalue weighted by atomic mass is 10.0. The van der Waals surface area contributed by atoms with Gasteiger partial charge in [0.15, 0.2) is 5.82 Å². The normalized spacial score (nSPS) is 20.8. The van der Waals surface area contributed by atoms with Crippen molar-refractivity contribution in [3.05, 3.63) is 30.0 Å². The Morgan fingerprint density at radius 1 is 1.16 bits per heavy atom. The van der Waals surface area contributed by atoms with Gasteiger partial charge in [-0.2, -0.15) is 4.98 Å². The Morgan fingerprint density at radius 2 is 1.94 bits per heavy atom. The molecule has 32 heavy (non-hydrogen) atoms. The van der Waals surface area contributed by atoms with E-state index in [0.29, 0.717) is 35.0 Å². The summed E-state index contributed by atoms with van der Waals surface area (Å²) in [5.74, 6) is 2.46. The van der Waals surface area contributed by atoms with Gasteiger partial charge in [0.1, 0.15) is 5.75 Å². The molecule has 2 saturated carbocycles. The lowest BCUT2D eigenvalue weighted by Gasteiger charge is -2.45. The minimum Gasteiger partial charge on any atom is -0.495 e. The highest BCUT2D eigenvalue weighted by molar-refractivity contribution is 5.91. The van der Waals surface area contributed by atoms with Crippen molar-refractivity contribution in [1.82, 2.24) is 9.97 Å². The first-order valence-electron chi connectivity index (χ1n) is 11.5. The van der Waals surface area contributed by atoms with Crippen LogP contribution in [0.3, 0.4) is 0 Å². The Hall–Kier alpha value is -3.03. The number of benzene rings is 1. The lowest BCUT2D eigenvalue weighted by molar-refractivity contribution is 0.0600. The van der Waals surface area contributed by atoms with E-state index in [1.807, 2.05) is 6.20 Å². The molecule has 5 rings (SSSR count). The summed E-state index contributed by atoms with van der Waals surface area (Å²) in [6.45, 7) is 1.03. The molecular formula is C24H31N5O3. The van der Waals surface area contributed by atoms with E-state index in [1.54, 1.807) is 25.3 Å². The van der Waals surface area contributed by atoms with Crippen molar-refractivity contribution in [2.45, 2.75) is 50.6 Å². The summed E-state index contributed by atoms with van der Waals surface area (Å²) in [5, 5.41) is 3.30. The second-order valence-electron chi connectivity index (χ2n) is 9.06. The molecule has 8 nitrogen and oxygen atoms in total. The SMILES string of the molecule is COC(=O)c1ccc(Nc2ncc3c(n2)N(C2CCCC2)[C@H](C2CC2)CN3C)c(OC)c1. The minimum atomic E-state index is -0.402. The Labute approximate surface area is 188 Å². The summed E-state index contributed by atoms with van der Waals surface area (Å²) >= 11 is 0. The van der Waals surface area contributed by atoms with Crippen molar-refractivity contribution < 1.29 is 14.3 Å². The van der Waals surface area contributed by atoms with E-state index in [-0.39, 0.29) is 0 Å². The van der Waals surface area contributed by atoms with E-state index in [2.05, 4.69) is 27.1 Å². The number of hydrogen-bond donors (Lipinski definition) is 1. The predicted octanol–water partition coefficient (Wildman–Crippen LogP) is 3.99. The van der Waals surface area contributed by atoms with E-state index in [4.69, 9.17) is 14.5 Å². The number of nitrogens with zero attached hydrogens (tertiary/aromatic N) is 4. The fraction of sp³-hybridized carbons (Fsp3) is 0.542. The van der Waals surface area contributed by atoms with E-state index in [0.717, 1.165) is 24.0 Å². The number of carbonyl (C=O) groups is 1. The van der Waals surface area contributed by atoms with Crippen LogP contribution >= 0.6 is 0 Å². The van der Waals surface area contributed by atoms with Crippen LogP contribution in [0.1, 0.15) is 48.9 Å². The summed E-state index contributed by atoms with van der Waals surface area (Å²) in [5.41, 5.74) is 2.23. The summed E-state index contributed by atoms with van der Waals surface area (Å²) in [6, 6.07) is 6.24. The number of esters is 1. The molecule has 1 aromatic carbocycles. The first kappa shape index (κ1) is 20.8. The highest BCUT2D eigenvalue weighted by atomic mass is 16.5. The highest BCUT2D eigenvalue weighted by Gasteiger charge is 2.43. The lowest BCUT2D eigenvalue weighted by Crippen LogP contribution is -2.53. The minimum absolute atomic E-state index is 0.402. The maximum atomic E-state index is 11.9. The van der Waals surface area contributed by atoms with Crippen LogP contribution in [-0.2, 0) is 4.74 Å². The molecule has 8 heteroatoms. The van der Waals surface area contributed by atoms with Gasteiger partial charge in [0.05, 0.1) is 43.4 Å². The molecule has 0 saturated heterocycles. The van der Waals surface area contributed by atoms with Crippen LogP contribution in [0.25, 0.3) is 0 Å². The summed E-state index contributed by atoms with van der Waals surface area (Å²) in [6.07, 6.45) is 9.62. The van der Waals surface area contributed by atoms with Crippen LogP contribution in [0.2, 0.25) is 0 Å². The zero-order valence-electron chi connectivity index (χ0n) is 19.0. The molecule has 1 aliphatic heterocycles. The zero-order chi connectivity index (χ0) is 22.2. The summed E-state index contributed by atoms with van der Waals surface area (Å²) in [7, 11) is 5.08. The van der Waals surface area contributed by atoms with Gasteiger partial charge in [0.25, 0.3) is 0 Å². The van der Waals surface area contributed by atoms with E-state index >= 15 is 0 Å². The quantitative estimate of drug-likeness (QED) is 0.680. The second-order valence-corrected chi connectivity index (χ2v) is 9.06. The predicted molar refractivity (Wildman–Crippen MR) is 124 cm³/mol. The van der Waals surface area contributed by atoms with Crippen LogP contribution in [0, 0.1) is 5.92 Å². The number of hydrogen-bond acceptors (Lipinski definition) is 8. The van der Waals surface area contributed by atoms with Crippen LogP contribution in [-0.4, -0.2) is 55.8 Å². The second kappa shape index (κ2) is 8.48. The molecule has 2 aliphatic carbocycles. The molecule has 170 valence electrons. The van der Waals surface area contributed by atoms with Crippen molar-refractivity contribution in [2.75, 3.05) is 42.9 Å². The van der Waals surface area contributed by atoms with Gasteiger partial charge in [-0.05, 0) is 49.8 Å². The third kappa shape index (κ3) is 3.82. The standard InChI is InChI=1S/C24H31N5O3/c1-28-14-20(15-8-9-15)29(17-6-4-5-7-17)22-19(28)13-25-24(27-22)26-18-11-10-16(23(30)32-3)12-21(18)31-2/h10-13,15,17,20H,4-9,14H2,1-3H3,(H,25,26,27)/t20-/m0/s1. The van der Waals surface area contributed by atoms with Gasteiger partial charge in [-0.15, -0.1) is 0 Å². The topological polar surface area (TPSA) is 79.8 Å². The van der Waals surface area contributed by atoms with Crippen molar-refractivity contribution in [1.29, 1.82) is 0 Å². The van der Waals surface area contributed by atoms with Crippen LogP contribution in [0.15, 0.2) is 24.4 Å². The van der Waals surface area contributed by atoms with Crippen LogP contribution < -0.4 is 19.9 Å². The van der Waals surface area contributed by atoms with Crippen LogP contribution in [0.5, 0.6) is 5.75 Å². The fourth-order valence-electron chi connectivity index (χ4n) is 5.15. The van der Waals surface area contributed by atoms with Gasteiger partial charge < -0.3 is 24.6 Å². The third-order valence-corrected chi connectivity index (χ3v) is 6.98. The molecule has 0 amide bonds. The number of anilines is 4. The van der Waals surface area contributed by atoms with Gasteiger partial charge in [-0.1, -0.05) is 12.8 Å². The number of fused-ring (bicyclic) bond motifs is 1. The van der Waals surface area contributed by atoms with Gasteiger partial charge in [-0.25, -0.2) is 9.78 Å². The average Bonchev–Trinajstić information content (AvgIpc) is 3.53. The Morgan fingerprint density at radius 3 is 2.62 bits per heavy atom. The number of nitrogens with one attached hydrogen (secondary N) is 1. The van der Waals surface area contributed by atoms with E-state index in [1.165, 1.54) is 45.6 Å². The van der Waals surface area contributed by atoms with E-state index < -0.39 is 5.97 Å². The van der Waals surface area contributed by atoms with Crippen molar-refractivity contribution >= 4 is 29.1 Å². The van der Waals surface area contributed by atoms with Crippen LogP contribution in [0.4, 0.5) is 23.1 Å². The number of likely N-dealkylation sites (N-methyl/N-ethyl adjacent to an activating group) is 1.